The Labute approximate surface area is 124 Å². The summed E-state index contributed by atoms with van der Waals surface area (Å²) >= 11 is 0. The van der Waals surface area contributed by atoms with E-state index in [-0.39, 0.29) is 0 Å². The van der Waals surface area contributed by atoms with E-state index in [1.165, 1.54) is 25.7 Å². The molecule has 0 heterocycles. The molecular weight excluding hydrogens is 240 g/mol. The van der Waals surface area contributed by atoms with Crippen LogP contribution in [0.3, 0.4) is 0 Å². The molecule has 0 amide bonds. The van der Waals surface area contributed by atoms with Crippen LogP contribution in [0.2, 0.25) is 0 Å². The number of hydrogen-bond donors (Lipinski definition) is 0. The largest absolute Gasteiger partial charge is 0.0848 e. The van der Waals surface area contributed by atoms with Gasteiger partial charge in [-0.15, -0.1) is 0 Å². The van der Waals surface area contributed by atoms with Crippen molar-refractivity contribution in [3.8, 4) is 0 Å². The Kier molecular flexibility index (Phi) is 3.16. The van der Waals surface area contributed by atoms with Crippen molar-refractivity contribution in [3.63, 3.8) is 0 Å². The molecule has 0 bridgehead atoms. The first-order valence-corrected chi connectivity index (χ1v) is 8.80. The van der Waals surface area contributed by atoms with Crippen LogP contribution < -0.4 is 0 Å². The van der Waals surface area contributed by atoms with E-state index < -0.39 is 0 Å². The van der Waals surface area contributed by atoms with Crippen molar-refractivity contribution in [2.45, 2.75) is 39.5 Å². The lowest BCUT2D eigenvalue weighted by Gasteiger charge is -2.55. The van der Waals surface area contributed by atoms with Gasteiger partial charge in [0.25, 0.3) is 0 Å². The molecule has 2 fully saturated rings. The van der Waals surface area contributed by atoms with Gasteiger partial charge in [-0.2, -0.15) is 0 Å². The van der Waals surface area contributed by atoms with Gasteiger partial charge >= 0.3 is 0 Å². The summed E-state index contributed by atoms with van der Waals surface area (Å²) < 4.78 is 0. The van der Waals surface area contributed by atoms with Crippen molar-refractivity contribution < 1.29 is 0 Å². The van der Waals surface area contributed by atoms with Crippen LogP contribution in [-0.4, -0.2) is 0 Å². The molecule has 2 saturated carbocycles. The maximum absolute atomic E-state index is 2.63. The molecule has 0 saturated heterocycles. The predicted octanol–water partition coefficient (Wildman–Crippen LogP) is 5.24. The third-order valence-electron chi connectivity index (χ3n) is 7.04. The maximum atomic E-state index is 2.63. The van der Waals surface area contributed by atoms with Gasteiger partial charge in [0.15, 0.2) is 0 Å². The molecule has 4 aliphatic rings. The van der Waals surface area contributed by atoms with Crippen LogP contribution in [0.25, 0.3) is 0 Å². The molecule has 8 unspecified atom stereocenters. The average molecular weight is 268 g/mol. The number of fused-ring (bicyclic) bond motifs is 4. The van der Waals surface area contributed by atoms with Crippen molar-refractivity contribution in [2.75, 3.05) is 0 Å². The van der Waals surface area contributed by atoms with Crippen LogP contribution in [0, 0.1) is 47.3 Å². The van der Waals surface area contributed by atoms with E-state index in [0.717, 1.165) is 47.3 Å². The fourth-order valence-corrected chi connectivity index (χ4v) is 6.06. The first kappa shape index (κ1) is 12.9. The third-order valence-corrected chi connectivity index (χ3v) is 7.04. The van der Waals surface area contributed by atoms with Gasteiger partial charge < -0.3 is 0 Å². The van der Waals surface area contributed by atoms with Gasteiger partial charge in [-0.3, -0.25) is 0 Å². The van der Waals surface area contributed by atoms with Crippen LogP contribution in [-0.2, 0) is 0 Å². The highest BCUT2D eigenvalue weighted by atomic mass is 14.5. The lowest BCUT2D eigenvalue weighted by atomic mass is 9.50. The van der Waals surface area contributed by atoms with Crippen LogP contribution in [0.1, 0.15) is 39.5 Å². The summed E-state index contributed by atoms with van der Waals surface area (Å²) in [6, 6.07) is 0. The molecule has 108 valence electrons. The summed E-state index contributed by atoms with van der Waals surface area (Å²) in [6.07, 6.45) is 20.7. The van der Waals surface area contributed by atoms with Crippen molar-refractivity contribution in [1.29, 1.82) is 0 Å². The Balaban J connectivity index is 1.71. The van der Waals surface area contributed by atoms with E-state index in [0.29, 0.717) is 0 Å². The zero-order valence-electron chi connectivity index (χ0n) is 12.9. The van der Waals surface area contributed by atoms with Gasteiger partial charge in [-0.25, -0.2) is 0 Å². The molecule has 0 radical (unpaired) electrons. The molecule has 4 rings (SSSR count). The van der Waals surface area contributed by atoms with Gasteiger partial charge in [-0.05, 0) is 60.2 Å². The highest BCUT2D eigenvalue weighted by Crippen LogP contribution is 2.56. The lowest BCUT2D eigenvalue weighted by molar-refractivity contribution is -0.00950. The molecule has 0 aromatic carbocycles. The van der Waals surface area contributed by atoms with Crippen LogP contribution >= 0.6 is 0 Å². The minimum atomic E-state index is 0.779. The topological polar surface area (TPSA) is 0 Å². The second kappa shape index (κ2) is 4.90. The minimum Gasteiger partial charge on any atom is -0.0848 e. The monoisotopic (exact) mass is 268 g/mol. The summed E-state index contributed by atoms with van der Waals surface area (Å²) in [4.78, 5) is 0. The molecule has 0 nitrogen and oxygen atoms in total. The fraction of sp³-hybridized carbons (Fsp3) is 0.700. The predicted molar refractivity (Wildman–Crippen MR) is 85.2 cm³/mol. The van der Waals surface area contributed by atoms with Crippen LogP contribution in [0.15, 0.2) is 36.5 Å². The second-order valence-corrected chi connectivity index (χ2v) is 7.79. The summed E-state index contributed by atoms with van der Waals surface area (Å²) in [5, 5.41) is 0. The highest BCUT2D eigenvalue weighted by Gasteiger charge is 2.50. The third kappa shape index (κ3) is 1.80. The molecule has 0 heteroatoms. The Bertz CT molecular complexity index is 455. The van der Waals surface area contributed by atoms with E-state index in [1.807, 2.05) is 0 Å². The van der Waals surface area contributed by atoms with Crippen molar-refractivity contribution in [1.82, 2.24) is 0 Å². The lowest BCUT2D eigenvalue weighted by Crippen LogP contribution is -2.49. The van der Waals surface area contributed by atoms with Gasteiger partial charge in [0.1, 0.15) is 0 Å². The summed E-state index contributed by atoms with van der Waals surface area (Å²) in [7, 11) is 0. The van der Waals surface area contributed by atoms with E-state index in [1.54, 1.807) is 0 Å². The van der Waals surface area contributed by atoms with Crippen LogP contribution in [0.5, 0.6) is 0 Å². The molecule has 0 spiro atoms. The summed E-state index contributed by atoms with van der Waals surface area (Å²) in [6.45, 7) is 5.06. The summed E-state index contributed by atoms with van der Waals surface area (Å²) in [5.74, 6) is 6.92. The standard InChI is InChI=1S/C20H28/c1-13-16-8-5-6-9-17(16)14(2)20-18(13)12-11-15-7-3-4-10-19(15)20/h5-6,8-9,11-20H,3-4,7,10H2,1-2H3. The van der Waals surface area contributed by atoms with E-state index in [9.17, 15) is 0 Å². The smallest absolute Gasteiger partial charge is 0.0133 e. The second-order valence-electron chi connectivity index (χ2n) is 7.79. The normalized spacial score (nSPS) is 53.1. The average Bonchev–Trinajstić information content (AvgIpc) is 2.51. The van der Waals surface area contributed by atoms with Crippen LogP contribution in [0.4, 0.5) is 0 Å². The molecule has 4 aliphatic carbocycles. The molecule has 0 N–H and O–H groups in total. The Morgan fingerprint density at radius 3 is 2.20 bits per heavy atom. The molecule has 0 aliphatic heterocycles. The summed E-state index contributed by atoms with van der Waals surface area (Å²) in [5.41, 5.74) is 0. The van der Waals surface area contributed by atoms with Gasteiger partial charge in [0, 0.05) is 0 Å². The Morgan fingerprint density at radius 1 is 0.700 bits per heavy atom. The van der Waals surface area contributed by atoms with Gasteiger partial charge in [-0.1, -0.05) is 63.1 Å². The first-order chi connectivity index (χ1) is 9.77. The van der Waals surface area contributed by atoms with Crippen molar-refractivity contribution in [3.05, 3.63) is 36.5 Å². The molecule has 0 aromatic rings. The van der Waals surface area contributed by atoms with E-state index in [4.69, 9.17) is 0 Å². The quantitative estimate of drug-likeness (QED) is 0.527. The number of allylic oxidation sites excluding steroid dienone is 6. The SMILES string of the molecule is CC1C2C=CC=CC2C(C)C2C1C=CC1CCCCC12. The zero-order valence-corrected chi connectivity index (χ0v) is 12.9. The number of hydrogen-bond acceptors (Lipinski definition) is 0. The van der Waals surface area contributed by atoms with Gasteiger partial charge in [0.05, 0.1) is 0 Å². The molecule has 0 aromatic heterocycles. The van der Waals surface area contributed by atoms with Crippen molar-refractivity contribution in [2.24, 2.45) is 47.3 Å². The first-order valence-electron chi connectivity index (χ1n) is 8.80. The van der Waals surface area contributed by atoms with Crippen molar-refractivity contribution >= 4 is 0 Å². The number of rotatable bonds is 0. The highest BCUT2D eigenvalue weighted by molar-refractivity contribution is 5.22. The molecule has 20 heavy (non-hydrogen) atoms. The minimum absolute atomic E-state index is 0.779. The Morgan fingerprint density at radius 2 is 1.40 bits per heavy atom. The fourth-order valence-electron chi connectivity index (χ4n) is 6.06. The zero-order chi connectivity index (χ0) is 13.7. The maximum Gasteiger partial charge on any atom is -0.0133 e. The molecule has 8 atom stereocenters. The van der Waals surface area contributed by atoms with Gasteiger partial charge in [0.2, 0.25) is 0 Å². The van der Waals surface area contributed by atoms with E-state index >= 15 is 0 Å². The van der Waals surface area contributed by atoms with E-state index in [2.05, 4.69) is 50.3 Å². The molecular formula is C20H28. The Hall–Kier alpha value is -0.780.